The summed E-state index contributed by atoms with van der Waals surface area (Å²) >= 11 is 0. The van der Waals surface area contributed by atoms with Crippen LogP contribution in [0.3, 0.4) is 0 Å². The number of para-hydroxylation sites is 1. The van der Waals surface area contributed by atoms with Crippen molar-refractivity contribution in [3.05, 3.63) is 45.1 Å². The highest BCUT2D eigenvalue weighted by molar-refractivity contribution is 5.77. The third kappa shape index (κ3) is 4.79. The Balaban J connectivity index is 1.91. The zero-order valence-electron chi connectivity index (χ0n) is 13.9. The first-order valence-electron chi connectivity index (χ1n) is 7.94. The number of carbonyl (C=O) groups is 1. The van der Waals surface area contributed by atoms with E-state index in [2.05, 4.69) is 18.8 Å². The Morgan fingerprint density at radius 1 is 1.17 bits per heavy atom. The van der Waals surface area contributed by atoms with Gasteiger partial charge in [0.25, 0.3) is 5.56 Å². The Morgan fingerprint density at radius 2 is 1.92 bits per heavy atom. The van der Waals surface area contributed by atoms with E-state index < -0.39 is 23.8 Å². The highest BCUT2D eigenvalue weighted by Gasteiger charge is 2.11. The van der Waals surface area contributed by atoms with Gasteiger partial charge in [-0.25, -0.2) is 9.36 Å². The zero-order valence-corrected chi connectivity index (χ0v) is 13.9. The molecule has 0 aliphatic heterocycles. The van der Waals surface area contributed by atoms with Crippen molar-refractivity contribution in [3.63, 3.8) is 0 Å². The van der Waals surface area contributed by atoms with Crippen molar-refractivity contribution < 1.29 is 14.3 Å². The minimum Gasteiger partial charge on any atom is -0.462 e. The number of fused-ring (bicyclic) bond motifs is 1. The number of esters is 1. The smallest absolute Gasteiger partial charge is 0.329 e. The monoisotopic (exact) mass is 334 g/mol. The van der Waals surface area contributed by atoms with Crippen LogP contribution >= 0.6 is 0 Å². The second kappa shape index (κ2) is 8.44. The molecule has 0 amide bonds. The molecule has 7 heteroatoms. The molecule has 0 bridgehead atoms. The number of nitrogens with one attached hydrogen (secondary N) is 1. The molecule has 2 aromatic rings. The number of hydrogen-bond acceptors (Lipinski definition) is 5. The maximum Gasteiger partial charge on any atom is 0.329 e. The molecule has 0 radical (unpaired) electrons. The number of ether oxygens (including phenoxy) is 2. The molecule has 0 saturated carbocycles. The van der Waals surface area contributed by atoms with Gasteiger partial charge in [-0.3, -0.25) is 9.59 Å². The fourth-order valence-corrected chi connectivity index (χ4v) is 2.15. The lowest BCUT2D eigenvalue weighted by Gasteiger charge is -2.08. The molecular weight excluding hydrogens is 312 g/mol. The standard InChI is InChI=1S/C17H22N2O5/c1-12(2)7-8-23-9-10-24-15(20)11-19-16(21)13-5-3-4-6-14(13)18-17(19)22/h3-6,12H,7-11H2,1-2H3,(H,18,22). The first kappa shape index (κ1) is 17.9. The van der Waals surface area contributed by atoms with Crippen molar-refractivity contribution in [3.8, 4) is 0 Å². The van der Waals surface area contributed by atoms with Crippen LogP contribution in [0.2, 0.25) is 0 Å². The molecule has 0 spiro atoms. The largest absolute Gasteiger partial charge is 0.462 e. The molecular formula is C17H22N2O5. The molecule has 24 heavy (non-hydrogen) atoms. The summed E-state index contributed by atoms with van der Waals surface area (Å²) in [6, 6.07) is 6.64. The lowest BCUT2D eigenvalue weighted by Crippen LogP contribution is -2.37. The number of benzene rings is 1. The van der Waals surface area contributed by atoms with Crippen molar-refractivity contribution in [2.75, 3.05) is 19.8 Å². The van der Waals surface area contributed by atoms with E-state index in [1.165, 1.54) is 0 Å². The number of aromatic amines is 1. The predicted molar refractivity (Wildman–Crippen MR) is 90.1 cm³/mol. The third-order valence-electron chi connectivity index (χ3n) is 3.51. The van der Waals surface area contributed by atoms with E-state index in [-0.39, 0.29) is 6.61 Å². The molecule has 0 aliphatic rings. The maximum atomic E-state index is 12.3. The van der Waals surface area contributed by atoms with Crippen LogP contribution in [-0.2, 0) is 20.8 Å². The number of aromatic nitrogens is 2. The van der Waals surface area contributed by atoms with E-state index in [9.17, 15) is 14.4 Å². The molecule has 0 fully saturated rings. The van der Waals surface area contributed by atoms with Crippen molar-refractivity contribution in [2.24, 2.45) is 5.92 Å². The van der Waals surface area contributed by atoms with Gasteiger partial charge in [-0.05, 0) is 24.5 Å². The molecule has 0 unspecified atom stereocenters. The summed E-state index contributed by atoms with van der Waals surface area (Å²) in [5, 5.41) is 0.349. The number of H-pyrrole nitrogens is 1. The van der Waals surface area contributed by atoms with Gasteiger partial charge in [0.2, 0.25) is 0 Å². The average molecular weight is 334 g/mol. The number of carbonyl (C=O) groups excluding carboxylic acids is 1. The van der Waals surface area contributed by atoms with Crippen molar-refractivity contribution in [1.29, 1.82) is 0 Å². The van der Waals surface area contributed by atoms with Crippen LogP contribution in [0.15, 0.2) is 33.9 Å². The summed E-state index contributed by atoms with van der Waals surface area (Å²) in [7, 11) is 0. The van der Waals surface area contributed by atoms with E-state index in [4.69, 9.17) is 9.47 Å². The van der Waals surface area contributed by atoms with Gasteiger partial charge in [-0.2, -0.15) is 0 Å². The van der Waals surface area contributed by atoms with E-state index in [1.54, 1.807) is 24.3 Å². The van der Waals surface area contributed by atoms with Gasteiger partial charge in [0.15, 0.2) is 0 Å². The molecule has 0 atom stereocenters. The normalized spacial score (nSPS) is 11.1. The Morgan fingerprint density at radius 3 is 2.67 bits per heavy atom. The van der Waals surface area contributed by atoms with Gasteiger partial charge < -0.3 is 14.5 Å². The highest BCUT2D eigenvalue weighted by atomic mass is 16.6. The van der Waals surface area contributed by atoms with Crippen LogP contribution in [0, 0.1) is 5.92 Å². The van der Waals surface area contributed by atoms with Crippen molar-refractivity contribution >= 4 is 16.9 Å². The summed E-state index contributed by atoms with van der Waals surface area (Å²) in [5.41, 5.74) is -0.709. The minimum atomic E-state index is -0.648. The van der Waals surface area contributed by atoms with Crippen molar-refractivity contribution in [2.45, 2.75) is 26.8 Å². The van der Waals surface area contributed by atoms with E-state index in [0.29, 0.717) is 30.0 Å². The summed E-state index contributed by atoms with van der Waals surface area (Å²) in [5.74, 6) is -0.0932. The summed E-state index contributed by atoms with van der Waals surface area (Å²) in [6.45, 7) is 4.77. The van der Waals surface area contributed by atoms with Crippen molar-refractivity contribution in [1.82, 2.24) is 9.55 Å². The van der Waals surface area contributed by atoms with Crippen LogP contribution in [0.25, 0.3) is 10.9 Å². The van der Waals surface area contributed by atoms with Gasteiger partial charge in [-0.15, -0.1) is 0 Å². The second-order valence-corrected chi connectivity index (χ2v) is 5.88. The second-order valence-electron chi connectivity index (χ2n) is 5.88. The van der Waals surface area contributed by atoms with Crippen LogP contribution < -0.4 is 11.2 Å². The van der Waals surface area contributed by atoms with E-state index in [0.717, 1.165) is 11.0 Å². The minimum absolute atomic E-state index is 0.0944. The lowest BCUT2D eigenvalue weighted by atomic mass is 10.1. The molecule has 1 N–H and O–H groups in total. The van der Waals surface area contributed by atoms with Crippen LogP contribution in [0.4, 0.5) is 0 Å². The molecule has 1 heterocycles. The third-order valence-corrected chi connectivity index (χ3v) is 3.51. The van der Waals surface area contributed by atoms with Gasteiger partial charge >= 0.3 is 11.7 Å². The molecule has 0 saturated heterocycles. The number of rotatable bonds is 8. The quantitative estimate of drug-likeness (QED) is 0.580. The fourth-order valence-electron chi connectivity index (χ4n) is 2.15. The predicted octanol–water partition coefficient (Wildman–Crippen LogP) is 1.30. The average Bonchev–Trinajstić information content (AvgIpc) is 2.54. The Hall–Kier alpha value is -2.41. The fraction of sp³-hybridized carbons (Fsp3) is 0.471. The summed E-state index contributed by atoms with van der Waals surface area (Å²) in [6.07, 6.45) is 0.940. The Labute approximate surface area is 139 Å². The molecule has 2 rings (SSSR count). The van der Waals surface area contributed by atoms with Gasteiger partial charge in [-0.1, -0.05) is 26.0 Å². The molecule has 1 aromatic heterocycles. The first-order valence-corrected chi connectivity index (χ1v) is 7.94. The first-order chi connectivity index (χ1) is 11.5. The molecule has 0 aliphatic carbocycles. The topological polar surface area (TPSA) is 90.4 Å². The SMILES string of the molecule is CC(C)CCOCCOC(=O)Cn1c(=O)[nH]c2ccccc2c1=O. The van der Waals surface area contributed by atoms with Gasteiger partial charge in [0, 0.05) is 6.61 Å². The van der Waals surface area contributed by atoms with E-state index in [1.807, 2.05) is 0 Å². The Kier molecular flexibility index (Phi) is 6.31. The van der Waals surface area contributed by atoms with E-state index >= 15 is 0 Å². The zero-order chi connectivity index (χ0) is 17.5. The molecule has 7 nitrogen and oxygen atoms in total. The van der Waals surface area contributed by atoms with Gasteiger partial charge in [0.05, 0.1) is 17.5 Å². The van der Waals surface area contributed by atoms with Gasteiger partial charge in [0.1, 0.15) is 13.2 Å². The maximum absolute atomic E-state index is 12.3. The highest BCUT2D eigenvalue weighted by Crippen LogP contribution is 2.03. The Bertz CT molecular complexity index is 806. The summed E-state index contributed by atoms with van der Waals surface area (Å²) < 4.78 is 11.2. The van der Waals surface area contributed by atoms with Crippen LogP contribution in [0.1, 0.15) is 20.3 Å². The molecule has 130 valence electrons. The summed E-state index contributed by atoms with van der Waals surface area (Å²) in [4.78, 5) is 38.6. The van der Waals surface area contributed by atoms with Crippen LogP contribution in [0.5, 0.6) is 0 Å². The number of hydrogen-bond donors (Lipinski definition) is 1. The van der Waals surface area contributed by atoms with Crippen LogP contribution in [-0.4, -0.2) is 35.3 Å². The number of nitrogens with zero attached hydrogens (tertiary/aromatic N) is 1. The molecule has 1 aromatic carbocycles. The lowest BCUT2D eigenvalue weighted by molar-refractivity contribution is -0.146.